The number of hydrogen-bond acceptors (Lipinski definition) is 3. The normalized spacial score (nSPS) is 19.9. The van der Waals surface area contributed by atoms with Gasteiger partial charge in [0.1, 0.15) is 0 Å². The molecule has 5 nitrogen and oxygen atoms in total. The Bertz CT molecular complexity index is 466. The van der Waals surface area contributed by atoms with Crippen LogP contribution >= 0.6 is 0 Å². The van der Waals surface area contributed by atoms with Crippen LogP contribution in [-0.4, -0.2) is 39.2 Å². The Kier molecular flexibility index (Phi) is 4.81. The van der Waals surface area contributed by atoms with Crippen molar-refractivity contribution in [1.29, 1.82) is 0 Å². The molecule has 0 saturated carbocycles. The fourth-order valence-corrected chi connectivity index (χ4v) is 2.87. The van der Waals surface area contributed by atoms with E-state index in [2.05, 4.69) is 31.2 Å². The van der Waals surface area contributed by atoms with E-state index >= 15 is 0 Å². The van der Waals surface area contributed by atoms with Crippen LogP contribution in [0.3, 0.4) is 0 Å². The monoisotopic (exact) mass is 278 g/mol. The predicted octanol–water partition coefficient (Wildman–Crippen LogP) is 1.47. The van der Waals surface area contributed by atoms with Gasteiger partial charge < -0.3 is 10.2 Å². The molecular weight excluding hydrogens is 252 g/mol. The van der Waals surface area contributed by atoms with E-state index in [1.54, 1.807) is 0 Å². The SMILES string of the molecule is CCc1nn(C)cc1CN1CCCC(NC(C)C)C1=O. The number of carbonyl (C=O) groups is 1. The number of nitrogens with zero attached hydrogens (tertiary/aromatic N) is 3. The van der Waals surface area contributed by atoms with Crippen molar-refractivity contribution in [1.82, 2.24) is 20.0 Å². The maximum absolute atomic E-state index is 12.5. The summed E-state index contributed by atoms with van der Waals surface area (Å²) in [5, 5.41) is 7.82. The molecule has 1 aromatic rings. The average Bonchev–Trinajstić information content (AvgIpc) is 2.74. The molecule has 0 radical (unpaired) electrons. The molecule has 1 fully saturated rings. The number of nitrogens with one attached hydrogen (secondary N) is 1. The molecule has 1 amide bonds. The van der Waals surface area contributed by atoms with E-state index in [-0.39, 0.29) is 11.9 Å². The standard InChI is InChI=1S/C15H26N4O/c1-5-13-12(9-18(4)17-13)10-19-8-6-7-14(15(19)20)16-11(2)3/h9,11,14,16H,5-8,10H2,1-4H3. The van der Waals surface area contributed by atoms with E-state index in [4.69, 9.17) is 0 Å². The second-order valence-electron chi connectivity index (χ2n) is 5.90. The number of hydrogen-bond donors (Lipinski definition) is 1. The lowest BCUT2D eigenvalue weighted by Crippen LogP contribution is -2.52. The van der Waals surface area contributed by atoms with Gasteiger partial charge in [-0.2, -0.15) is 5.10 Å². The van der Waals surface area contributed by atoms with Crippen molar-refractivity contribution in [3.63, 3.8) is 0 Å². The number of amides is 1. The van der Waals surface area contributed by atoms with Gasteiger partial charge in [0.15, 0.2) is 0 Å². The minimum absolute atomic E-state index is 0.0227. The second-order valence-corrected chi connectivity index (χ2v) is 5.90. The van der Waals surface area contributed by atoms with Crippen LogP contribution in [0.25, 0.3) is 0 Å². The first-order chi connectivity index (χ1) is 9.51. The number of carbonyl (C=O) groups excluding carboxylic acids is 1. The first-order valence-electron chi connectivity index (χ1n) is 7.57. The van der Waals surface area contributed by atoms with Gasteiger partial charge in [0.05, 0.1) is 11.7 Å². The third-order valence-electron chi connectivity index (χ3n) is 3.75. The van der Waals surface area contributed by atoms with Gasteiger partial charge in [-0.15, -0.1) is 0 Å². The van der Waals surface area contributed by atoms with E-state index in [1.807, 2.05) is 22.8 Å². The molecule has 1 aliphatic rings. The zero-order valence-electron chi connectivity index (χ0n) is 13.0. The Balaban J connectivity index is 2.06. The van der Waals surface area contributed by atoms with Crippen molar-refractivity contribution >= 4 is 5.91 Å². The highest BCUT2D eigenvalue weighted by atomic mass is 16.2. The fraction of sp³-hybridized carbons (Fsp3) is 0.733. The minimum Gasteiger partial charge on any atom is -0.337 e. The summed E-state index contributed by atoms with van der Waals surface area (Å²) in [7, 11) is 1.93. The quantitative estimate of drug-likeness (QED) is 0.887. The van der Waals surface area contributed by atoms with Crippen LogP contribution in [0, 0.1) is 0 Å². The van der Waals surface area contributed by atoms with E-state index in [9.17, 15) is 4.79 Å². The zero-order chi connectivity index (χ0) is 14.7. The first-order valence-corrected chi connectivity index (χ1v) is 7.57. The lowest BCUT2D eigenvalue weighted by molar-refractivity contribution is -0.136. The Morgan fingerprint density at radius 1 is 1.50 bits per heavy atom. The van der Waals surface area contributed by atoms with Crippen molar-refractivity contribution in [2.75, 3.05) is 6.54 Å². The van der Waals surface area contributed by atoms with Gasteiger partial charge in [-0.25, -0.2) is 0 Å². The summed E-state index contributed by atoms with van der Waals surface area (Å²) < 4.78 is 1.84. The largest absolute Gasteiger partial charge is 0.337 e. The molecule has 1 aromatic heterocycles. The summed E-state index contributed by atoms with van der Waals surface area (Å²) in [5.74, 6) is 0.232. The summed E-state index contributed by atoms with van der Waals surface area (Å²) in [6.07, 6.45) is 4.95. The number of rotatable bonds is 5. The van der Waals surface area contributed by atoms with Crippen molar-refractivity contribution in [3.05, 3.63) is 17.5 Å². The molecule has 5 heteroatoms. The van der Waals surface area contributed by atoms with E-state index < -0.39 is 0 Å². The van der Waals surface area contributed by atoms with E-state index in [0.717, 1.165) is 31.5 Å². The molecule has 0 spiro atoms. The maximum Gasteiger partial charge on any atom is 0.240 e. The number of aromatic nitrogens is 2. The topological polar surface area (TPSA) is 50.2 Å². The lowest BCUT2D eigenvalue weighted by atomic mass is 10.0. The molecule has 20 heavy (non-hydrogen) atoms. The van der Waals surface area contributed by atoms with Crippen LogP contribution in [0.1, 0.15) is 44.9 Å². The summed E-state index contributed by atoms with van der Waals surface area (Å²) >= 11 is 0. The van der Waals surface area contributed by atoms with Crippen LogP contribution in [0.2, 0.25) is 0 Å². The van der Waals surface area contributed by atoms with Gasteiger partial charge in [0.2, 0.25) is 5.91 Å². The Morgan fingerprint density at radius 3 is 2.90 bits per heavy atom. The zero-order valence-corrected chi connectivity index (χ0v) is 13.0. The molecule has 0 aromatic carbocycles. The highest BCUT2D eigenvalue weighted by Crippen LogP contribution is 2.17. The van der Waals surface area contributed by atoms with Crippen LogP contribution in [-0.2, 0) is 24.8 Å². The molecule has 1 saturated heterocycles. The van der Waals surface area contributed by atoms with E-state index in [0.29, 0.717) is 12.6 Å². The Hall–Kier alpha value is -1.36. The molecular formula is C15H26N4O. The van der Waals surface area contributed by atoms with Gasteiger partial charge >= 0.3 is 0 Å². The summed E-state index contributed by atoms with van der Waals surface area (Å²) in [4.78, 5) is 14.5. The molecule has 2 rings (SSSR count). The number of aryl methyl sites for hydroxylation is 2. The van der Waals surface area contributed by atoms with Crippen molar-refractivity contribution in [3.8, 4) is 0 Å². The van der Waals surface area contributed by atoms with Crippen LogP contribution in [0.5, 0.6) is 0 Å². The summed E-state index contributed by atoms with van der Waals surface area (Å²) in [6.45, 7) is 7.82. The van der Waals surface area contributed by atoms with E-state index in [1.165, 1.54) is 5.56 Å². The molecule has 1 aliphatic heterocycles. The highest BCUT2D eigenvalue weighted by molar-refractivity contribution is 5.82. The molecule has 2 heterocycles. The molecule has 0 bridgehead atoms. The third-order valence-corrected chi connectivity index (χ3v) is 3.75. The maximum atomic E-state index is 12.5. The highest BCUT2D eigenvalue weighted by Gasteiger charge is 2.29. The van der Waals surface area contributed by atoms with Gasteiger partial charge in [0.25, 0.3) is 0 Å². The van der Waals surface area contributed by atoms with Crippen molar-refractivity contribution in [2.45, 2.75) is 58.7 Å². The lowest BCUT2D eigenvalue weighted by Gasteiger charge is -2.33. The summed E-state index contributed by atoms with van der Waals surface area (Å²) in [6, 6.07) is 0.319. The molecule has 1 atom stereocenters. The Labute approximate surface area is 121 Å². The predicted molar refractivity (Wildman–Crippen MR) is 79.3 cm³/mol. The smallest absolute Gasteiger partial charge is 0.240 e. The van der Waals surface area contributed by atoms with Crippen LogP contribution in [0.4, 0.5) is 0 Å². The van der Waals surface area contributed by atoms with Gasteiger partial charge in [0, 0.05) is 37.9 Å². The van der Waals surface area contributed by atoms with Crippen molar-refractivity contribution < 1.29 is 4.79 Å². The van der Waals surface area contributed by atoms with Gasteiger partial charge in [-0.05, 0) is 19.3 Å². The minimum atomic E-state index is -0.0227. The number of likely N-dealkylation sites (tertiary alicyclic amines) is 1. The second kappa shape index (κ2) is 6.39. The summed E-state index contributed by atoms with van der Waals surface area (Å²) in [5.41, 5.74) is 2.27. The molecule has 1 N–H and O–H groups in total. The average molecular weight is 278 g/mol. The number of piperidine rings is 1. The van der Waals surface area contributed by atoms with Crippen molar-refractivity contribution in [2.24, 2.45) is 7.05 Å². The molecule has 112 valence electrons. The van der Waals surface area contributed by atoms with Gasteiger partial charge in [-0.1, -0.05) is 20.8 Å². The molecule has 1 unspecified atom stereocenters. The van der Waals surface area contributed by atoms with Gasteiger partial charge in [-0.3, -0.25) is 9.48 Å². The molecule has 0 aliphatic carbocycles. The fourth-order valence-electron chi connectivity index (χ4n) is 2.87. The third kappa shape index (κ3) is 3.39. The Morgan fingerprint density at radius 2 is 2.25 bits per heavy atom. The van der Waals surface area contributed by atoms with Crippen LogP contribution < -0.4 is 5.32 Å². The first kappa shape index (κ1) is 15.0. The van der Waals surface area contributed by atoms with Crippen LogP contribution in [0.15, 0.2) is 6.20 Å².